The second kappa shape index (κ2) is 1.94. The van der Waals surface area contributed by atoms with E-state index >= 15 is 0 Å². The largest absolute Gasteiger partial charge is 0.345 e. The highest BCUT2D eigenvalue weighted by Gasteiger charge is 2.54. The van der Waals surface area contributed by atoms with E-state index in [1.165, 1.54) is 6.92 Å². The molecule has 3 nitrogen and oxygen atoms in total. The minimum Gasteiger partial charge on any atom is -0.345 e. The summed E-state index contributed by atoms with van der Waals surface area (Å²) < 4.78 is 13.2. The fraction of sp³-hybridized carbons (Fsp3) is 0.500. The van der Waals surface area contributed by atoms with Crippen molar-refractivity contribution in [2.24, 2.45) is 5.92 Å². The van der Waals surface area contributed by atoms with E-state index in [2.05, 4.69) is 5.32 Å². The highest BCUT2D eigenvalue weighted by atomic mass is 19.1. The van der Waals surface area contributed by atoms with Crippen molar-refractivity contribution in [2.75, 3.05) is 0 Å². The first-order valence-electron chi connectivity index (χ1n) is 3.86. The average Bonchev–Trinajstić information content (AvgIpc) is 2.47. The molecule has 0 saturated heterocycles. The molecule has 2 rings (SSSR count). The van der Waals surface area contributed by atoms with Crippen molar-refractivity contribution in [1.82, 2.24) is 5.32 Å². The molecule has 64 valence electrons. The predicted molar refractivity (Wildman–Crippen MR) is 44.3 cm³/mol. The van der Waals surface area contributed by atoms with Crippen LogP contribution < -0.4 is 5.32 Å². The molecule has 1 saturated carbocycles. The molecular formula is C8H10FN3. The van der Waals surface area contributed by atoms with Crippen LogP contribution in [0.2, 0.25) is 0 Å². The van der Waals surface area contributed by atoms with Gasteiger partial charge in [-0.15, -0.1) is 0 Å². The van der Waals surface area contributed by atoms with Gasteiger partial charge < -0.3 is 5.32 Å². The van der Waals surface area contributed by atoms with Crippen LogP contribution in [0.1, 0.15) is 13.3 Å². The number of hydrogen-bond donors (Lipinski definition) is 3. The molecule has 1 fully saturated rings. The molecule has 1 unspecified atom stereocenters. The van der Waals surface area contributed by atoms with Gasteiger partial charge in [-0.25, -0.2) is 4.39 Å². The van der Waals surface area contributed by atoms with Crippen molar-refractivity contribution in [3.63, 3.8) is 0 Å². The summed E-state index contributed by atoms with van der Waals surface area (Å²) in [6.07, 6.45) is 2.05. The molecule has 2 atom stereocenters. The molecule has 0 bridgehead atoms. The summed E-state index contributed by atoms with van der Waals surface area (Å²) in [6.45, 7) is 1.54. The topological polar surface area (TPSA) is 59.7 Å². The molecule has 0 aromatic heterocycles. The van der Waals surface area contributed by atoms with Gasteiger partial charge in [-0.05, 0) is 13.3 Å². The van der Waals surface area contributed by atoms with Gasteiger partial charge in [0.1, 0.15) is 17.2 Å². The van der Waals surface area contributed by atoms with Gasteiger partial charge in [0.25, 0.3) is 0 Å². The Morgan fingerprint density at radius 3 is 2.58 bits per heavy atom. The summed E-state index contributed by atoms with van der Waals surface area (Å²) in [4.78, 5) is 0. The summed E-state index contributed by atoms with van der Waals surface area (Å²) in [5.41, 5.74) is -0.365. The maximum absolute atomic E-state index is 13.2. The first kappa shape index (κ1) is 7.46. The van der Waals surface area contributed by atoms with Crippen LogP contribution in [0.15, 0.2) is 11.8 Å². The first-order valence-corrected chi connectivity index (χ1v) is 3.86. The molecule has 12 heavy (non-hydrogen) atoms. The summed E-state index contributed by atoms with van der Waals surface area (Å²) in [6, 6.07) is 0. The van der Waals surface area contributed by atoms with Gasteiger partial charge in [0.2, 0.25) is 0 Å². The number of nitrogens with one attached hydrogen (secondary N) is 3. The average molecular weight is 167 g/mol. The Hall–Kier alpha value is -1.19. The van der Waals surface area contributed by atoms with E-state index in [1.807, 2.05) is 0 Å². The molecule has 1 aliphatic carbocycles. The van der Waals surface area contributed by atoms with Crippen LogP contribution in [-0.4, -0.2) is 17.2 Å². The zero-order valence-electron chi connectivity index (χ0n) is 6.74. The van der Waals surface area contributed by atoms with Crippen LogP contribution >= 0.6 is 0 Å². The molecule has 4 heteroatoms. The fourth-order valence-corrected chi connectivity index (χ4v) is 1.49. The third kappa shape index (κ3) is 0.873. The first-order chi connectivity index (χ1) is 5.52. The van der Waals surface area contributed by atoms with Crippen molar-refractivity contribution in [2.45, 2.75) is 19.0 Å². The Labute approximate surface area is 69.7 Å². The van der Waals surface area contributed by atoms with Gasteiger partial charge >= 0.3 is 0 Å². The lowest BCUT2D eigenvalue weighted by molar-refractivity contribution is 0.321. The number of alkyl halides is 1. The molecule has 0 radical (unpaired) electrons. The lowest BCUT2D eigenvalue weighted by Crippen LogP contribution is -2.18. The SMILES string of the molecule is CC1(F)C[C@@H]1C1=CNC(=N)C1=N. The van der Waals surface area contributed by atoms with E-state index in [4.69, 9.17) is 10.8 Å². The van der Waals surface area contributed by atoms with E-state index in [1.54, 1.807) is 6.20 Å². The van der Waals surface area contributed by atoms with Gasteiger partial charge in [0.05, 0.1) is 0 Å². The van der Waals surface area contributed by atoms with Crippen LogP contribution in [0.5, 0.6) is 0 Å². The number of amidine groups is 1. The van der Waals surface area contributed by atoms with Crippen molar-refractivity contribution in [3.05, 3.63) is 11.8 Å². The molecule has 0 spiro atoms. The zero-order chi connectivity index (χ0) is 8.93. The lowest BCUT2D eigenvalue weighted by Gasteiger charge is -2.00. The molecule has 3 N–H and O–H groups in total. The lowest BCUT2D eigenvalue weighted by atomic mass is 10.1. The number of hydrogen-bond acceptors (Lipinski definition) is 2. The standard InChI is InChI=1S/C8H10FN3/c1-8(9)2-5(8)4-3-12-7(11)6(4)10/h3,5H,2H2,1H3,(H3,10,11,12)/t5-,8?/m1/s1. The maximum atomic E-state index is 13.2. The van der Waals surface area contributed by atoms with E-state index in [9.17, 15) is 4.39 Å². The molecule has 1 heterocycles. The Balaban J connectivity index is 2.18. The quantitative estimate of drug-likeness (QED) is 0.540. The second-order valence-electron chi connectivity index (χ2n) is 3.53. The zero-order valence-corrected chi connectivity index (χ0v) is 6.74. The minimum absolute atomic E-state index is 0.0766. The molecule has 1 aliphatic heterocycles. The highest BCUT2D eigenvalue weighted by molar-refractivity contribution is 6.47. The van der Waals surface area contributed by atoms with E-state index < -0.39 is 5.67 Å². The fourth-order valence-electron chi connectivity index (χ4n) is 1.49. The van der Waals surface area contributed by atoms with Crippen LogP contribution in [-0.2, 0) is 0 Å². The Morgan fingerprint density at radius 2 is 2.25 bits per heavy atom. The Bertz CT molecular complexity index is 303. The second-order valence-corrected chi connectivity index (χ2v) is 3.53. The van der Waals surface area contributed by atoms with Crippen molar-refractivity contribution in [3.8, 4) is 0 Å². The van der Waals surface area contributed by atoms with Crippen molar-refractivity contribution in [1.29, 1.82) is 10.8 Å². The molecular weight excluding hydrogens is 157 g/mol. The van der Waals surface area contributed by atoms with Crippen LogP contribution in [0.25, 0.3) is 0 Å². The van der Waals surface area contributed by atoms with Gasteiger partial charge in [-0.2, -0.15) is 0 Å². The smallest absolute Gasteiger partial charge is 0.148 e. The van der Waals surface area contributed by atoms with Crippen LogP contribution in [0.4, 0.5) is 4.39 Å². The number of halogens is 1. The van der Waals surface area contributed by atoms with Gasteiger partial charge in [0.15, 0.2) is 0 Å². The minimum atomic E-state index is -1.15. The third-order valence-electron chi connectivity index (χ3n) is 2.46. The maximum Gasteiger partial charge on any atom is 0.148 e. The van der Waals surface area contributed by atoms with Crippen LogP contribution in [0, 0.1) is 16.7 Å². The monoisotopic (exact) mass is 167 g/mol. The Kier molecular flexibility index (Phi) is 1.21. The third-order valence-corrected chi connectivity index (χ3v) is 2.46. The molecule has 2 aliphatic rings. The van der Waals surface area contributed by atoms with Crippen LogP contribution in [0.3, 0.4) is 0 Å². The summed E-state index contributed by atoms with van der Waals surface area (Å²) in [5, 5.41) is 17.3. The molecule has 0 amide bonds. The molecule has 0 aromatic rings. The highest BCUT2D eigenvalue weighted by Crippen LogP contribution is 2.51. The predicted octanol–water partition coefficient (Wildman–Crippen LogP) is 1.22. The van der Waals surface area contributed by atoms with E-state index in [-0.39, 0.29) is 17.5 Å². The van der Waals surface area contributed by atoms with E-state index in [0.717, 1.165) is 0 Å². The van der Waals surface area contributed by atoms with Crippen molar-refractivity contribution >= 4 is 11.5 Å². The van der Waals surface area contributed by atoms with Crippen molar-refractivity contribution < 1.29 is 4.39 Å². The summed E-state index contributed by atoms with van der Waals surface area (Å²) in [5.74, 6) is -0.0898. The van der Waals surface area contributed by atoms with E-state index in [0.29, 0.717) is 12.0 Å². The summed E-state index contributed by atoms with van der Waals surface area (Å²) >= 11 is 0. The summed E-state index contributed by atoms with van der Waals surface area (Å²) in [7, 11) is 0. The van der Waals surface area contributed by atoms with Gasteiger partial charge in [-0.3, -0.25) is 10.8 Å². The molecule has 0 aromatic carbocycles. The number of rotatable bonds is 1. The van der Waals surface area contributed by atoms with Gasteiger partial charge in [-0.1, -0.05) is 0 Å². The van der Waals surface area contributed by atoms with Gasteiger partial charge in [0, 0.05) is 17.7 Å². The normalized spacial score (nSPS) is 39.5. The Morgan fingerprint density at radius 1 is 1.67 bits per heavy atom.